The van der Waals surface area contributed by atoms with Crippen molar-refractivity contribution in [1.29, 1.82) is 0 Å². The summed E-state index contributed by atoms with van der Waals surface area (Å²) in [4.78, 5) is 0. The third kappa shape index (κ3) is 4.29. The summed E-state index contributed by atoms with van der Waals surface area (Å²) in [5.41, 5.74) is 4.23. The van der Waals surface area contributed by atoms with E-state index in [4.69, 9.17) is 0 Å². The van der Waals surface area contributed by atoms with Gasteiger partial charge < -0.3 is 20.4 Å². The fraction of sp³-hybridized carbons (Fsp3) is 0.238. The molecule has 25 heavy (non-hydrogen) atoms. The Hall–Kier alpha value is -2.56. The lowest BCUT2D eigenvalue weighted by Gasteiger charge is -2.14. The minimum Gasteiger partial charge on any atom is -0.507 e. The average molecular weight is 340 g/mol. The molecule has 0 heterocycles. The Morgan fingerprint density at radius 2 is 1.04 bits per heavy atom. The molecule has 0 saturated carbocycles. The lowest BCUT2D eigenvalue weighted by Crippen LogP contribution is -1.99. The molecular weight excluding hydrogens is 316 g/mol. The first kappa shape index (κ1) is 18.8. The molecule has 0 aliphatic carbocycles. The largest absolute Gasteiger partial charge is 0.507 e. The first-order chi connectivity index (χ1) is 12.0. The molecule has 132 valence electrons. The van der Waals surface area contributed by atoms with Crippen molar-refractivity contribution in [2.75, 3.05) is 0 Å². The number of allylic oxidation sites excluding steroid dienone is 2. The molecule has 4 heteroatoms. The summed E-state index contributed by atoms with van der Waals surface area (Å²) >= 11 is 0. The van der Waals surface area contributed by atoms with Crippen LogP contribution in [0.1, 0.15) is 33.4 Å². The molecule has 0 radical (unpaired) electrons. The molecule has 0 atom stereocenters. The molecule has 2 aromatic rings. The molecule has 0 aliphatic heterocycles. The zero-order valence-corrected chi connectivity index (χ0v) is 14.2. The second kappa shape index (κ2) is 8.51. The van der Waals surface area contributed by atoms with Crippen molar-refractivity contribution in [3.8, 4) is 11.5 Å². The molecule has 4 N–H and O–H groups in total. The average Bonchev–Trinajstić information content (AvgIpc) is 2.60. The van der Waals surface area contributed by atoms with Crippen molar-refractivity contribution in [1.82, 2.24) is 0 Å². The van der Waals surface area contributed by atoms with E-state index in [0.717, 1.165) is 11.1 Å². The van der Waals surface area contributed by atoms with E-state index in [1.54, 1.807) is 24.3 Å². The van der Waals surface area contributed by atoms with Gasteiger partial charge in [0.2, 0.25) is 0 Å². The van der Waals surface area contributed by atoms with Gasteiger partial charge in [0.1, 0.15) is 11.5 Å². The van der Waals surface area contributed by atoms with Crippen molar-refractivity contribution in [3.05, 3.63) is 83.0 Å². The lowest BCUT2D eigenvalue weighted by atomic mass is 9.94. The summed E-state index contributed by atoms with van der Waals surface area (Å²) < 4.78 is 0. The summed E-state index contributed by atoms with van der Waals surface area (Å²) in [6.45, 7) is 6.89. The number of phenols is 2. The highest BCUT2D eigenvalue weighted by Gasteiger charge is 2.12. The predicted octanol–water partition coefficient (Wildman–Crippen LogP) is 3.13. The molecule has 0 saturated heterocycles. The molecule has 2 aromatic carbocycles. The molecule has 0 bridgehead atoms. The normalized spacial score (nSPS) is 10.6. The van der Waals surface area contributed by atoms with E-state index in [0.29, 0.717) is 41.5 Å². The maximum Gasteiger partial charge on any atom is 0.124 e. The Labute approximate surface area is 148 Å². The Bertz CT molecular complexity index is 712. The van der Waals surface area contributed by atoms with Crippen LogP contribution >= 0.6 is 0 Å². The first-order valence-corrected chi connectivity index (χ1v) is 8.14. The van der Waals surface area contributed by atoms with Gasteiger partial charge in [-0.2, -0.15) is 0 Å². The minimum absolute atomic E-state index is 0.0975. The molecular formula is C21H24O4. The fourth-order valence-electron chi connectivity index (χ4n) is 2.97. The van der Waals surface area contributed by atoms with Crippen LogP contribution in [0.2, 0.25) is 0 Å². The standard InChI is InChI=1S/C21H24O4/c1-3-5-16-8-14(10-18(12-22)20(16)24)7-15-9-17(6-4-2)21(25)19(11-15)13-23/h3-4,8-11,22-25H,1-2,5-7,12-13H2. The van der Waals surface area contributed by atoms with Crippen LogP contribution in [0.15, 0.2) is 49.6 Å². The number of aliphatic hydroxyl groups is 2. The highest BCUT2D eigenvalue weighted by Crippen LogP contribution is 2.30. The van der Waals surface area contributed by atoms with Crippen LogP contribution in [0.25, 0.3) is 0 Å². The predicted molar refractivity (Wildman–Crippen MR) is 98.7 cm³/mol. The molecule has 0 unspecified atom stereocenters. The van der Waals surface area contributed by atoms with Gasteiger partial charge in [0.15, 0.2) is 0 Å². The quantitative estimate of drug-likeness (QED) is 0.557. The summed E-state index contributed by atoms with van der Waals surface area (Å²) in [5.74, 6) is 0.195. The van der Waals surface area contributed by atoms with Gasteiger partial charge in [0, 0.05) is 11.1 Å². The number of rotatable bonds is 8. The van der Waals surface area contributed by atoms with Crippen LogP contribution < -0.4 is 0 Å². The molecule has 4 nitrogen and oxygen atoms in total. The third-order valence-electron chi connectivity index (χ3n) is 4.13. The van der Waals surface area contributed by atoms with Crippen molar-refractivity contribution in [2.24, 2.45) is 0 Å². The van der Waals surface area contributed by atoms with Gasteiger partial charge in [-0.05, 0) is 53.6 Å². The highest BCUT2D eigenvalue weighted by atomic mass is 16.3. The first-order valence-electron chi connectivity index (χ1n) is 8.14. The molecule has 0 spiro atoms. The Kier molecular flexibility index (Phi) is 6.39. The van der Waals surface area contributed by atoms with Gasteiger partial charge in [-0.25, -0.2) is 0 Å². The van der Waals surface area contributed by atoms with Gasteiger partial charge >= 0.3 is 0 Å². The van der Waals surface area contributed by atoms with Crippen LogP contribution in [0, 0.1) is 0 Å². The highest BCUT2D eigenvalue weighted by molar-refractivity contribution is 5.48. The topological polar surface area (TPSA) is 80.9 Å². The fourth-order valence-corrected chi connectivity index (χ4v) is 2.97. The Morgan fingerprint density at radius 3 is 1.36 bits per heavy atom. The summed E-state index contributed by atoms with van der Waals surface area (Å²) in [6, 6.07) is 7.30. The zero-order chi connectivity index (χ0) is 18.4. The van der Waals surface area contributed by atoms with Crippen molar-refractivity contribution >= 4 is 0 Å². The molecule has 0 aliphatic rings. The van der Waals surface area contributed by atoms with Crippen LogP contribution in [-0.4, -0.2) is 20.4 Å². The Balaban J connectivity index is 2.45. The van der Waals surface area contributed by atoms with E-state index in [-0.39, 0.29) is 24.7 Å². The number of aliphatic hydroxyl groups excluding tert-OH is 2. The van der Waals surface area contributed by atoms with Crippen LogP contribution in [0.5, 0.6) is 11.5 Å². The number of hydrogen-bond donors (Lipinski definition) is 4. The van der Waals surface area contributed by atoms with E-state index >= 15 is 0 Å². The number of hydrogen-bond acceptors (Lipinski definition) is 4. The van der Waals surface area contributed by atoms with Crippen molar-refractivity contribution in [2.45, 2.75) is 32.5 Å². The molecule has 0 fully saturated rings. The van der Waals surface area contributed by atoms with E-state index in [1.807, 2.05) is 12.1 Å². The van der Waals surface area contributed by atoms with Gasteiger partial charge in [0.05, 0.1) is 13.2 Å². The Morgan fingerprint density at radius 1 is 0.680 bits per heavy atom. The second-order valence-electron chi connectivity index (χ2n) is 6.00. The minimum atomic E-state index is -0.247. The number of aromatic hydroxyl groups is 2. The van der Waals surface area contributed by atoms with Gasteiger partial charge in [-0.1, -0.05) is 24.3 Å². The summed E-state index contributed by atoms with van der Waals surface area (Å²) in [7, 11) is 0. The van der Waals surface area contributed by atoms with Gasteiger partial charge in [-0.15, -0.1) is 13.2 Å². The number of benzene rings is 2. The molecule has 0 amide bonds. The van der Waals surface area contributed by atoms with Crippen molar-refractivity contribution < 1.29 is 20.4 Å². The molecule has 2 rings (SSSR count). The monoisotopic (exact) mass is 340 g/mol. The second-order valence-corrected chi connectivity index (χ2v) is 6.00. The van der Waals surface area contributed by atoms with Crippen LogP contribution in [0.4, 0.5) is 0 Å². The van der Waals surface area contributed by atoms with Crippen LogP contribution in [0.3, 0.4) is 0 Å². The van der Waals surface area contributed by atoms with E-state index in [2.05, 4.69) is 13.2 Å². The van der Waals surface area contributed by atoms with E-state index in [1.165, 1.54) is 0 Å². The zero-order valence-electron chi connectivity index (χ0n) is 14.2. The van der Waals surface area contributed by atoms with Crippen molar-refractivity contribution in [3.63, 3.8) is 0 Å². The van der Waals surface area contributed by atoms with Gasteiger partial charge in [-0.3, -0.25) is 0 Å². The van der Waals surface area contributed by atoms with E-state index in [9.17, 15) is 20.4 Å². The summed E-state index contributed by atoms with van der Waals surface area (Å²) in [5, 5.41) is 39.3. The third-order valence-corrected chi connectivity index (χ3v) is 4.13. The van der Waals surface area contributed by atoms with Crippen LogP contribution in [-0.2, 0) is 32.5 Å². The lowest BCUT2D eigenvalue weighted by molar-refractivity contribution is 0.275. The molecule has 0 aromatic heterocycles. The maximum absolute atomic E-state index is 10.2. The smallest absolute Gasteiger partial charge is 0.124 e. The maximum atomic E-state index is 10.2. The van der Waals surface area contributed by atoms with E-state index < -0.39 is 0 Å². The summed E-state index contributed by atoms with van der Waals surface area (Å²) in [6.07, 6.45) is 4.96. The van der Waals surface area contributed by atoms with Gasteiger partial charge in [0.25, 0.3) is 0 Å². The SMILES string of the molecule is C=CCc1cc(Cc2cc(CO)c(O)c(CC=C)c2)cc(CO)c1O.